The number of hydrogen-bond acceptors (Lipinski definition) is 3. The Labute approximate surface area is 305 Å². The van der Waals surface area contributed by atoms with Crippen LogP contribution in [0, 0.1) is 0 Å². The molecule has 0 amide bonds. The first-order valence-corrected chi connectivity index (χ1v) is 18.0. The summed E-state index contributed by atoms with van der Waals surface area (Å²) < 4.78 is 13.2. The number of hydrogen-bond donors (Lipinski definition) is 0. The molecule has 0 N–H and O–H groups in total. The number of furan rings is 2. The smallest absolute Gasteiger partial charge is 0.143 e. The molecule has 2 aromatic heterocycles. The van der Waals surface area contributed by atoms with Gasteiger partial charge in [-0.05, 0) is 52.1 Å². The second kappa shape index (κ2) is 11.7. The molecule has 0 bridgehead atoms. The maximum absolute atomic E-state index is 6.66. The maximum atomic E-state index is 6.66. The van der Waals surface area contributed by atoms with E-state index in [1.165, 1.54) is 21.7 Å². The van der Waals surface area contributed by atoms with E-state index in [4.69, 9.17) is 8.83 Å². The molecule has 9 aromatic carbocycles. The zero-order chi connectivity index (χ0) is 34.9. The Morgan fingerprint density at radius 1 is 0.340 bits per heavy atom. The maximum Gasteiger partial charge on any atom is 0.143 e. The summed E-state index contributed by atoms with van der Waals surface area (Å²) in [5.41, 5.74) is 11.0. The number of nitrogens with zero attached hydrogens (tertiary/aromatic N) is 1. The van der Waals surface area contributed by atoms with Crippen LogP contribution in [0.1, 0.15) is 0 Å². The first kappa shape index (κ1) is 29.6. The standard InChI is InChI=1S/C50H31NO2/c1-2-15-32(16-3-1)48-40-22-6-4-17-34(40)35-18-5-7-23-41(35)49(48)51(33-29-30-39-37-20-9-12-27-45(37)52-47(39)31-33)44-26-11-8-19-36(44)42-24-14-25-43-38-21-10-13-28-46(38)53-50(42)43/h1-31H. The minimum absolute atomic E-state index is 0.844. The van der Waals surface area contributed by atoms with Crippen molar-refractivity contribution in [1.82, 2.24) is 0 Å². The van der Waals surface area contributed by atoms with Crippen molar-refractivity contribution in [3.8, 4) is 22.3 Å². The Morgan fingerprint density at radius 2 is 0.887 bits per heavy atom. The van der Waals surface area contributed by atoms with Gasteiger partial charge < -0.3 is 13.7 Å². The van der Waals surface area contributed by atoms with Gasteiger partial charge in [-0.25, -0.2) is 0 Å². The molecular weight excluding hydrogens is 647 g/mol. The van der Waals surface area contributed by atoms with E-state index in [9.17, 15) is 0 Å². The molecule has 3 nitrogen and oxygen atoms in total. The van der Waals surface area contributed by atoms with Crippen LogP contribution in [0.4, 0.5) is 17.1 Å². The molecule has 11 aromatic rings. The van der Waals surface area contributed by atoms with Gasteiger partial charge in [0, 0.05) is 55.4 Å². The van der Waals surface area contributed by atoms with E-state index < -0.39 is 0 Å². The summed E-state index contributed by atoms with van der Waals surface area (Å²) >= 11 is 0. The molecule has 0 aliphatic rings. The second-order valence-electron chi connectivity index (χ2n) is 13.6. The lowest BCUT2D eigenvalue weighted by atomic mass is 9.89. The molecule has 248 valence electrons. The third-order valence-electron chi connectivity index (χ3n) is 10.7. The molecule has 0 aliphatic carbocycles. The third kappa shape index (κ3) is 4.54. The quantitative estimate of drug-likeness (QED) is 0.170. The fraction of sp³-hybridized carbons (Fsp3) is 0. The number of para-hydroxylation sites is 4. The van der Waals surface area contributed by atoms with Crippen molar-refractivity contribution in [2.75, 3.05) is 4.90 Å². The summed E-state index contributed by atoms with van der Waals surface area (Å²) in [6.45, 7) is 0. The summed E-state index contributed by atoms with van der Waals surface area (Å²) in [5.74, 6) is 0. The zero-order valence-corrected chi connectivity index (χ0v) is 28.7. The summed E-state index contributed by atoms with van der Waals surface area (Å²) in [7, 11) is 0. The molecule has 53 heavy (non-hydrogen) atoms. The summed E-state index contributed by atoms with van der Waals surface area (Å²) in [6.07, 6.45) is 0. The average Bonchev–Trinajstić information content (AvgIpc) is 3.80. The minimum Gasteiger partial charge on any atom is -0.456 e. The molecule has 0 aliphatic heterocycles. The lowest BCUT2D eigenvalue weighted by Gasteiger charge is -2.32. The molecule has 0 radical (unpaired) electrons. The number of rotatable bonds is 5. The highest BCUT2D eigenvalue weighted by Crippen LogP contribution is 2.52. The topological polar surface area (TPSA) is 29.5 Å². The lowest BCUT2D eigenvalue weighted by molar-refractivity contribution is 0.669. The van der Waals surface area contributed by atoms with Crippen molar-refractivity contribution in [3.63, 3.8) is 0 Å². The van der Waals surface area contributed by atoms with E-state index in [-0.39, 0.29) is 0 Å². The second-order valence-corrected chi connectivity index (χ2v) is 13.6. The molecular formula is C50H31NO2. The van der Waals surface area contributed by atoms with Crippen molar-refractivity contribution < 1.29 is 8.83 Å². The molecule has 0 atom stereocenters. The first-order valence-electron chi connectivity index (χ1n) is 18.0. The highest BCUT2D eigenvalue weighted by Gasteiger charge is 2.27. The fourth-order valence-electron chi connectivity index (χ4n) is 8.35. The van der Waals surface area contributed by atoms with Gasteiger partial charge in [0.15, 0.2) is 0 Å². The van der Waals surface area contributed by atoms with Crippen LogP contribution in [-0.2, 0) is 0 Å². The molecule has 3 heteroatoms. The van der Waals surface area contributed by atoms with Crippen LogP contribution in [-0.4, -0.2) is 0 Å². The van der Waals surface area contributed by atoms with Crippen molar-refractivity contribution in [1.29, 1.82) is 0 Å². The van der Waals surface area contributed by atoms with Crippen molar-refractivity contribution in [2.45, 2.75) is 0 Å². The Morgan fingerprint density at radius 3 is 1.68 bits per heavy atom. The fourth-order valence-corrected chi connectivity index (χ4v) is 8.35. The summed E-state index contributed by atoms with van der Waals surface area (Å²) in [4.78, 5) is 2.44. The van der Waals surface area contributed by atoms with Gasteiger partial charge in [-0.1, -0.05) is 152 Å². The minimum atomic E-state index is 0.844. The van der Waals surface area contributed by atoms with Crippen LogP contribution in [0.3, 0.4) is 0 Å². The predicted octanol–water partition coefficient (Wildman–Crippen LogP) is 14.6. The van der Waals surface area contributed by atoms with E-state index in [1.807, 2.05) is 24.3 Å². The Kier molecular flexibility index (Phi) is 6.55. The molecule has 11 rings (SSSR count). The van der Waals surface area contributed by atoms with Gasteiger partial charge >= 0.3 is 0 Å². The van der Waals surface area contributed by atoms with E-state index in [0.717, 1.165) is 83.0 Å². The highest BCUT2D eigenvalue weighted by atomic mass is 16.3. The molecule has 0 unspecified atom stereocenters. The van der Waals surface area contributed by atoms with Crippen molar-refractivity contribution in [2.24, 2.45) is 0 Å². The van der Waals surface area contributed by atoms with Gasteiger partial charge in [0.25, 0.3) is 0 Å². The number of fused-ring (bicyclic) bond motifs is 9. The number of benzene rings is 9. The molecule has 0 fully saturated rings. The number of anilines is 3. The van der Waals surface area contributed by atoms with Crippen LogP contribution in [0.2, 0.25) is 0 Å². The van der Waals surface area contributed by atoms with Crippen LogP contribution < -0.4 is 4.90 Å². The van der Waals surface area contributed by atoms with Gasteiger partial charge in [-0.2, -0.15) is 0 Å². The van der Waals surface area contributed by atoms with Crippen LogP contribution in [0.15, 0.2) is 197 Å². The lowest BCUT2D eigenvalue weighted by Crippen LogP contribution is -2.13. The predicted molar refractivity (Wildman–Crippen MR) is 222 cm³/mol. The van der Waals surface area contributed by atoms with Gasteiger partial charge in [0.1, 0.15) is 22.3 Å². The third-order valence-corrected chi connectivity index (χ3v) is 10.7. The summed E-state index contributed by atoms with van der Waals surface area (Å²) in [6, 6.07) is 66.8. The molecule has 2 heterocycles. The van der Waals surface area contributed by atoms with Crippen molar-refractivity contribution >= 4 is 82.5 Å². The normalized spacial score (nSPS) is 11.8. The van der Waals surface area contributed by atoms with Gasteiger partial charge in [-0.3, -0.25) is 0 Å². The van der Waals surface area contributed by atoms with E-state index in [1.54, 1.807) is 0 Å². The molecule has 0 saturated carbocycles. The monoisotopic (exact) mass is 677 g/mol. The van der Waals surface area contributed by atoms with Crippen LogP contribution in [0.5, 0.6) is 0 Å². The van der Waals surface area contributed by atoms with Gasteiger partial charge in [-0.15, -0.1) is 0 Å². The first-order chi connectivity index (χ1) is 26.3. The van der Waals surface area contributed by atoms with Crippen LogP contribution >= 0.6 is 0 Å². The Bertz CT molecular complexity index is 3190. The van der Waals surface area contributed by atoms with Crippen LogP contribution in [0.25, 0.3) is 87.7 Å². The molecule has 0 spiro atoms. The van der Waals surface area contributed by atoms with Gasteiger partial charge in [0.2, 0.25) is 0 Å². The Hall–Kier alpha value is -7.10. The Balaban J connectivity index is 1.29. The SMILES string of the molecule is c1ccc(-c2c(N(c3ccc4c(c3)oc3ccccc34)c3ccccc3-c3cccc4c3oc3ccccc34)c3ccccc3c3ccccc23)cc1. The van der Waals surface area contributed by atoms with Gasteiger partial charge in [0.05, 0.1) is 11.4 Å². The summed E-state index contributed by atoms with van der Waals surface area (Å²) in [5, 5.41) is 9.19. The van der Waals surface area contributed by atoms with E-state index >= 15 is 0 Å². The largest absolute Gasteiger partial charge is 0.456 e. The van der Waals surface area contributed by atoms with Crippen molar-refractivity contribution in [3.05, 3.63) is 188 Å². The average molecular weight is 678 g/mol. The highest BCUT2D eigenvalue weighted by molar-refractivity contribution is 6.23. The molecule has 0 saturated heterocycles. The van der Waals surface area contributed by atoms with E-state index in [0.29, 0.717) is 0 Å². The zero-order valence-electron chi connectivity index (χ0n) is 28.7. The van der Waals surface area contributed by atoms with E-state index in [2.05, 4.69) is 169 Å².